The maximum Gasteiger partial charge on any atom is 0.220 e. The van der Waals surface area contributed by atoms with Crippen molar-refractivity contribution in [3.05, 3.63) is 66.6 Å². The molecule has 0 spiro atoms. The molecule has 2 N–H and O–H groups in total. The van der Waals surface area contributed by atoms with E-state index in [1.54, 1.807) is 12.3 Å². The van der Waals surface area contributed by atoms with Gasteiger partial charge in [-0.05, 0) is 23.6 Å². The predicted octanol–water partition coefficient (Wildman–Crippen LogP) is 2.92. The third-order valence-electron chi connectivity index (χ3n) is 3.89. The molecule has 0 radical (unpaired) electrons. The number of hydrogen-bond donors (Lipinski definition) is 2. The first-order valence-corrected chi connectivity index (χ1v) is 8.30. The van der Waals surface area contributed by atoms with Gasteiger partial charge in [0.1, 0.15) is 24.2 Å². The first-order chi connectivity index (χ1) is 12.2. The molecule has 0 aliphatic rings. The number of rotatable bonds is 8. The van der Waals surface area contributed by atoms with E-state index in [1.807, 2.05) is 48.5 Å². The highest BCUT2D eigenvalue weighted by molar-refractivity contribution is 5.88. The number of aliphatic hydroxyl groups is 1. The van der Waals surface area contributed by atoms with E-state index in [4.69, 9.17) is 9.15 Å². The summed E-state index contributed by atoms with van der Waals surface area (Å²) in [6, 6.07) is 17.3. The molecule has 5 heteroatoms. The number of aryl methyl sites for hydroxylation is 1. The third kappa shape index (κ3) is 4.84. The standard InChI is InChI=1S/C20H21NO4/c22-16(13-21-20(23)11-10-17-7-4-12-24-17)14-25-19-9-3-6-15-5-1-2-8-18(15)19/h1-9,12,16,22H,10-11,13-14H2,(H,21,23)/t16-/m1/s1. The summed E-state index contributed by atoms with van der Waals surface area (Å²) in [5.74, 6) is 1.37. The van der Waals surface area contributed by atoms with Gasteiger partial charge in [0, 0.05) is 24.8 Å². The smallest absolute Gasteiger partial charge is 0.220 e. The summed E-state index contributed by atoms with van der Waals surface area (Å²) < 4.78 is 10.9. The van der Waals surface area contributed by atoms with Crippen molar-refractivity contribution in [1.29, 1.82) is 0 Å². The molecule has 0 aliphatic carbocycles. The molecule has 0 fully saturated rings. The van der Waals surface area contributed by atoms with E-state index in [2.05, 4.69) is 5.32 Å². The fraction of sp³-hybridized carbons (Fsp3) is 0.250. The van der Waals surface area contributed by atoms with Gasteiger partial charge in [0.05, 0.1) is 6.26 Å². The number of ether oxygens (including phenoxy) is 1. The summed E-state index contributed by atoms with van der Waals surface area (Å²) in [5, 5.41) is 14.8. The normalized spacial score (nSPS) is 12.0. The topological polar surface area (TPSA) is 71.7 Å². The molecule has 25 heavy (non-hydrogen) atoms. The van der Waals surface area contributed by atoms with E-state index in [1.165, 1.54) is 0 Å². The van der Waals surface area contributed by atoms with Crippen LogP contribution >= 0.6 is 0 Å². The summed E-state index contributed by atoms with van der Waals surface area (Å²) in [4.78, 5) is 11.8. The molecule has 0 saturated carbocycles. The predicted molar refractivity (Wildman–Crippen MR) is 95.5 cm³/mol. The van der Waals surface area contributed by atoms with Gasteiger partial charge in [-0.15, -0.1) is 0 Å². The van der Waals surface area contributed by atoms with Gasteiger partial charge in [0.25, 0.3) is 0 Å². The van der Waals surface area contributed by atoms with Crippen LogP contribution in [0.2, 0.25) is 0 Å². The van der Waals surface area contributed by atoms with Crippen LogP contribution in [0.5, 0.6) is 5.75 Å². The van der Waals surface area contributed by atoms with Gasteiger partial charge in [-0.2, -0.15) is 0 Å². The van der Waals surface area contributed by atoms with Crippen LogP contribution in [0.25, 0.3) is 10.8 Å². The Hall–Kier alpha value is -2.79. The summed E-state index contributed by atoms with van der Waals surface area (Å²) in [7, 11) is 0. The fourth-order valence-electron chi connectivity index (χ4n) is 2.58. The maximum absolute atomic E-state index is 11.8. The molecule has 3 aromatic rings. The lowest BCUT2D eigenvalue weighted by atomic mass is 10.1. The van der Waals surface area contributed by atoms with Crippen molar-refractivity contribution >= 4 is 16.7 Å². The number of benzene rings is 2. The second kappa shape index (κ2) is 8.35. The number of carbonyl (C=O) groups is 1. The first-order valence-electron chi connectivity index (χ1n) is 8.30. The number of fused-ring (bicyclic) bond motifs is 1. The Labute approximate surface area is 146 Å². The Morgan fingerprint density at radius 1 is 1.12 bits per heavy atom. The molecule has 1 aromatic heterocycles. The largest absolute Gasteiger partial charge is 0.490 e. The number of furan rings is 1. The van der Waals surface area contributed by atoms with E-state index in [0.29, 0.717) is 12.8 Å². The number of amides is 1. The minimum absolute atomic E-state index is 0.118. The summed E-state index contributed by atoms with van der Waals surface area (Å²) in [6.45, 7) is 0.272. The molecular weight excluding hydrogens is 318 g/mol. The molecule has 1 heterocycles. The van der Waals surface area contributed by atoms with Gasteiger partial charge in [0.15, 0.2) is 0 Å². The van der Waals surface area contributed by atoms with Crippen LogP contribution in [0, 0.1) is 0 Å². The number of nitrogens with one attached hydrogen (secondary N) is 1. The maximum atomic E-state index is 11.8. The quantitative estimate of drug-likeness (QED) is 0.662. The minimum Gasteiger partial charge on any atom is -0.490 e. The van der Waals surface area contributed by atoms with Crippen LogP contribution in [-0.2, 0) is 11.2 Å². The van der Waals surface area contributed by atoms with Crippen molar-refractivity contribution in [2.45, 2.75) is 18.9 Å². The molecule has 130 valence electrons. The zero-order valence-electron chi connectivity index (χ0n) is 13.9. The van der Waals surface area contributed by atoms with Crippen molar-refractivity contribution in [2.75, 3.05) is 13.2 Å². The van der Waals surface area contributed by atoms with E-state index in [-0.39, 0.29) is 19.1 Å². The number of hydrogen-bond acceptors (Lipinski definition) is 4. The summed E-state index contributed by atoms with van der Waals surface area (Å²) in [5.41, 5.74) is 0. The molecule has 5 nitrogen and oxygen atoms in total. The Bertz CT molecular complexity index is 808. The lowest BCUT2D eigenvalue weighted by Crippen LogP contribution is -2.35. The zero-order chi connectivity index (χ0) is 17.5. The Morgan fingerprint density at radius 3 is 2.80 bits per heavy atom. The van der Waals surface area contributed by atoms with Crippen molar-refractivity contribution in [3.8, 4) is 5.75 Å². The van der Waals surface area contributed by atoms with Gasteiger partial charge < -0.3 is 19.6 Å². The second-order valence-electron chi connectivity index (χ2n) is 5.83. The highest BCUT2D eigenvalue weighted by Crippen LogP contribution is 2.25. The molecule has 1 atom stereocenters. The fourth-order valence-corrected chi connectivity index (χ4v) is 2.58. The van der Waals surface area contributed by atoms with Crippen molar-refractivity contribution in [3.63, 3.8) is 0 Å². The van der Waals surface area contributed by atoms with Crippen LogP contribution in [0.4, 0.5) is 0 Å². The van der Waals surface area contributed by atoms with Crippen molar-refractivity contribution in [2.24, 2.45) is 0 Å². The molecule has 3 rings (SSSR count). The van der Waals surface area contributed by atoms with Gasteiger partial charge in [-0.3, -0.25) is 4.79 Å². The van der Waals surface area contributed by atoms with E-state index >= 15 is 0 Å². The Kier molecular flexibility index (Phi) is 5.69. The van der Waals surface area contributed by atoms with Crippen molar-refractivity contribution < 1.29 is 19.1 Å². The van der Waals surface area contributed by atoms with Gasteiger partial charge in [-0.1, -0.05) is 36.4 Å². The van der Waals surface area contributed by atoms with E-state index < -0.39 is 6.10 Å². The van der Waals surface area contributed by atoms with Crippen LogP contribution < -0.4 is 10.1 Å². The molecule has 0 aliphatic heterocycles. The highest BCUT2D eigenvalue weighted by Gasteiger charge is 2.10. The molecule has 1 amide bonds. The van der Waals surface area contributed by atoms with E-state index in [0.717, 1.165) is 22.3 Å². The highest BCUT2D eigenvalue weighted by atomic mass is 16.5. The Morgan fingerprint density at radius 2 is 1.96 bits per heavy atom. The average molecular weight is 339 g/mol. The summed E-state index contributed by atoms with van der Waals surface area (Å²) in [6.07, 6.45) is 1.68. The second-order valence-corrected chi connectivity index (χ2v) is 5.83. The minimum atomic E-state index is -0.772. The Balaban J connectivity index is 1.43. The zero-order valence-corrected chi connectivity index (χ0v) is 13.9. The molecule has 0 unspecified atom stereocenters. The van der Waals surface area contributed by atoms with Crippen LogP contribution in [0.15, 0.2) is 65.3 Å². The lowest BCUT2D eigenvalue weighted by molar-refractivity contribution is -0.121. The first kappa shape index (κ1) is 17.0. The summed E-state index contributed by atoms with van der Waals surface area (Å²) >= 11 is 0. The molecule has 0 bridgehead atoms. The number of carbonyl (C=O) groups excluding carboxylic acids is 1. The monoisotopic (exact) mass is 339 g/mol. The van der Waals surface area contributed by atoms with E-state index in [9.17, 15) is 9.90 Å². The van der Waals surface area contributed by atoms with Crippen LogP contribution in [-0.4, -0.2) is 30.3 Å². The van der Waals surface area contributed by atoms with Gasteiger partial charge >= 0.3 is 0 Å². The average Bonchev–Trinajstić information content (AvgIpc) is 3.16. The van der Waals surface area contributed by atoms with Gasteiger partial charge in [0.2, 0.25) is 5.91 Å². The van der Waals surface area contributed by atoms with Crippen LogP contribution in [0.1, 0.15) is 12.2 Å². The lowest BCUT2D eigenvalue weighted by Gasteiger charge is -2.14. The van der Waals surface area contributed by atoms with Crippen molar-refractivity contribution in [1.82, 2.24) is 5.32 Å². The molecule has 0 saturated heterocycles. The SMILES string of the molecule is O=C(CCc1ccco1)NC[C@@H](O)COc1cccc2ccccc12. The van der Waals surface area contributed by atoms with Crippen LogP contribution in [0.3, 0.4) is 0 Å². The third-order valence-corrected chi connectivity index (χ3v) is 3.89. The van der Waals surface area contributed by atoms with Gasteiger partial charge in [-0.25, -0.2) is 0 Å². The molecule has 2 aromatic carbocycles. The number of aliphatic hydroxyl groups excluding tert-OH is 1. The molecular formula is C20H21NO4.